The van der Waals surface area contributed by atoms with Gasteiger partial charge in [0.05, 0.1) is 18.4 Å². The number of nitrogens with zero attached hydrogens (tertiary/aromatic N) is 2. The fourth-order valence-corrected chi connectivity index (χ4v) is 2.68. The van der Waals surface area contributed by atoms with E-state index in [-0.39, 0.29) is 11.7 Å². The number of esters is 1. The van der Waals surface area contributed by atoms with E-state index in [1.54, 1.807) is 29.8 Å². The monoisotopic (exact) mass is 309 g/mol. The highest BCUT2D eigenvalue weighted by Crippen LogP contribution is 2.19. The minimum absolute atomic E-state index is 0.174. The molecule has 1 amide bonds. The predicted molar refractivity (Wildman–Crippen MR) is 77.0 cm³/mol. The maximum atomic E-state index is 11.8. The Hall–Kier alpha value is -1.93. The summed E-state index contributed by atoms with van der Waals surface area (Å²) < 4.78 is 5.36. The maximum Gasteiger partial charge on any atom is 0.337 e. The van der Waals surface area contributed by atoms with Crippen molar-refractivity contribution >= 4 is 40.7 Å². The highest BCUT2D eigenvalue weighted by molar-refractivity contribution is 8.01. The lowest BCUT2D eigenvalue weighted by molar-refractivity contribution is -0.113. The molecule has 2 rings (SSSR count). The lowest BCUT2D eigenvalue weighted by Gasteiger charge is -2.06. The quantitative estimate of drug-likeness (QED) is 0.672. The fourth-order valence-electron chi connectivity index (χ4n) is 1.39. The minimum Gasteiger partial charge on any atom is -0.465 e. The van der Waals surface area contributed by atoms with Gasteiger partial charge in [-0.05, 0) is 18.2 Å². The van der Waals surface area contributed by atoms with Gasteiger partial charge in [0.15, 0.2) is 4.34 Å². The van der Waals surface area contributed by atoms with Gasteiger partial charge in [-0.2, -0.15) is 0 Å². The second kappa shape index (κ2) is 7.01. The third kappa shape index (κ3) is 4.04. The van der Waals surface area contributed by atoms with Gasteiger partial charge >= 0.3 is 5.97 Å². The Morgan fingerprint density at radius 2 is 2.30 bits per heavy atom. The molecule has 8 heteroatoms. The van der Waals surface area contributed by atoms with Crippen LogP contribution in [0, 0.1) is 0 Å². The number of hydrogen-bond donors (Lipinski definition) is 1. The van der Waals surface area contributed by atoms with Gasteiger partial charge in [-0.25, -0.2) is 4.79 Å². The molecule has 0 radical (unpaired) electrons. The average Bonchev–Trinajstić information content (AvgIpc) is 2.98. The van der Waals surface area contributed by atoms with Gasteiger partial charge in [-0.3, -0.25) is 4.79 Å². The van der Waals surface area contributed by atoms with E-state index in [1.165, 1.54) is 30.2 Å². The largest absolute Gasteiger partial charge is 0.465 e. The van der Waals surface area contributed by atoms with Gasteiger partial charge < -0.3 is 10.1 Å². The van der Waals surface area contributed by atoms with Crippen LogP contribution in [0.3, 0.4) is 0 Å². The first-order valence-corrected chi connectivity index (χ1v) is 7.43. The third-order valence-corrected chi connectivity index (χ3v) is 4.09. The van der Waals surface area contributed by atoms with Crippen LogP contribution in [0.15, 0.2) is 34.1 Å². The van der Waals surface area contributed by atoms with Gasteiger partial charge in [0.1, 0.15) is 5.51 Å². The van der Waals surface area contributed by atoms with Gasteiger partial charge in [0, 0.05) is 5.69 Å². The normalized spacial score (nSPS) is 10.1. The standard InChI is InChI=1S/C12H11N3O3S2/c1-18-11(17)8-3-2-4-9(5-8)14-10(16)6-19-12-15-13-7-20-12/h2-5,7H,6H2,1H3,(H,14,16). The van der Waals surface area contributed by atoms with E-state index in [0.29, 0.717) is 11.3 Å². The molecule has 6 nitrogen and oxygen atoms in total. The Morgan fingerprint density at radius 3 is 3.00 bits per heavy atom. The summed E-state index contributed by atoms with van der Waals surface area (Å²) in [7, 11) is 1.31. The molecule has 0 saturated heterocycles. The summed E-state index contributed by atoms with van der Waals surface area (Å²) in [6, 6.07) is 6.58. The number of hydrogen-bond acceptors (Lipinski definition) is 7. The van der Waals surface area contributed by atoms with Gasteiger partial charge in [0.25, 0.3) is 0 Å². The molecule has 104 valence electrons. The molecule has 20 heavy (non-hydrogen) atoms. The molecule has 0 aliphatic heterocycles. The number of amides is 1. The molecule has 2 aromatic rings. The number of benzene rings is 1. The van der Waals surface area contributed by atoms with Crippen molar-refractivity contribution in [3.05, 3.63) is 35.3 Å². The van der Waals surface area contributed by atoms with Crippen molar-refractivity contribution in [3.63, 3.8) is 0 Å². The Bertz CT molecular complexity index is 602. The molecule has 1 aromatic carbocycles. The van der Waals surface area contributed by atoms with Crippen LogP contribution in [0.5, 0.6) is 0 Å². The van der Waals surface area contributed by atoms with Crippen LogP contribution < -0.4 is 5.32 Å². The highest BCUT2D eigenvalue weighted by Gasteiger charge is 2.09. The zero-order valence-electron chi connectivity index (χ0n) is 10.5. The highest BCUT2D eigenvalue weighted by atomic mass is 32.2. The van der Waals surface area contributed by atoms with Crippen LogP contribution in [-0.2, 0) is 9.53 Å². The number of aromatic nitrogens is 2. The van der Waals surface area contributed by atoms with Gasteiger partial charge in [-0.1, -0.05) is 29.2 Å². The van der Waals surface area contributed by atoms with Crippen molar-refractivity contribution in [2.24, 2.45) is 0 Å². The summed E-state index contributed by atoms with van der Waals surface area (Å²) in [4.78, 5) is 23.1. The molecular weight excluding hydrogens is 298 g/mol. The molecule has 0 aliphatic carbocycles. The first-order valence-electron chi connectivity index (χ1n) is 5.56. The molecular formula is C12H11N3O3S2. The Morgan fingerprint density at radius 1 is 1.45 bits per heavy atom. The van der Waals surface area contributed by atoms with Crippen LogP contribution in [-0.4, -0.2) is 34.9 Å². The predicted octanol–water partition coefficient (Wildman–Crippen LogP) is 2.06. The zero-order chi connectivity index (χ0) is 14.4. The topological polar surface area (TPSA) is 81.2 Å². The molecule has 0 bridgehead atoms. The van der Waals surface area contributed by atoms with E-state index in [2.05, 4.69) is 20.3 Å². The second-order valence-corrected chi connectivity index (χ2v) is 5.67. The summed E-state index contributed by atoms with van der Waals surface area (Å²) in [6.07, 6.45) is 0. The summed E-state index contributed by atoms with van der Waals surface area (Å²) in [5.74, 6) is -0.381. The smallest absolute Gasteiger partial charge is 0.337 e. The van der Waals surface area contributed by atoms with Crippen molar-refractivity contribution < 1.29 is 14.3 Å². The van der Waals surface area contributed by atoms with E-state index in [0.717, 1.165) is 4.34 Å². The lowest BCUT2D eigenvalue weighted by atomic mass is 10.2. The Labute approximate surface area is 123 Å². The summed E-state index contributed by atoms with van der Waals surface area (Å²) in [6.45, 7) is 0. The van der Waals surface area contributed by atoms with Crippen molar-refractivity contribution in [3.8, 4) is 0 Å². The van der Waals surface area contributed by atoms with Crippen LogP contribution in [0.25, 0.3) is 0 Å². The molecule has 0 aliphatic rings. The fraction of sp³-hybridized carbons (Fsp3) is 0.167. The number of anilines is 1. The zero-order valence-corrected chi connectivity index (χ0v) is 12.2. The van der Waals surface area contributed by atoms with Crippen LogP contribution in [0.2, 0.25) is 0 Å². The molecule has 0 unspecified atom stereocenters. The number of nitrogens with one attached hydrogen (secondary N) is 1. The number of methoxy groups -OCH3 is 1. The molecule has 0 saturated carbocycles. The number of carbonyl (C=O) groups is 2. The SMILES string of the molecule is COC(=O)c1cccc(NC(=O)CSc2nncs2)c1. The molecule has 1 heterocycles. The van der Waals surface area contributed by atoms with Gasteiger partial charge in [-0.15, -0.1) is 10.2 Å². The minimum atomic E-state index is -0.440. The first kappa shape index (κ1) is 14.5. The van der Waals surface area contributed by atoms with E-state index >= 15 is 0 Å². The number of thioether (sulfide) groups is 1. The van der Waals surface area contributed by atoms with E-state index in [1.807, 2.05) is 0 Å². The first-order chi connectivity index (χ1) is 9.69. The third-order valence-electron chi connectivity index (χ3n) is 2.23. The van der Waals surface area contributed by atoms with Crippen molar-refractivity contribution in [1.29, 1.82) is 0 Å². The number of rotatable bonds is 5. The van der Waals surface area contributed by atoms with Crippen LogP contribution in [0.1, 0.15) is 10.4 Å². The van der Waals surface area contributed by atoms with Crippen molar-refractivity contribution in [2.75, 3.05) is 18.2 Å². The van der Waals surface area contributed by atoms with Gasteiger partial charge in [0.2, 0.25) is 5.91 Å². The second-order valence-electron chi connectivity index (χ2n) is 3.61. The maximum absolute atomic E-state index is 11.8. The summed E-state index contributed by atoms with van der Waals surface area (Å²) in [5, 5.41) is 10.2. The molecule has 1 aromatic heterocycles. The molecule has 1 N–H and O–H groups in total. The summed E-state index contributed by atoms with van der Waals surface area (Å²) in [5.41, 5.74) is 2.55. The lowest BCUT2D eigenvalue weighted by Crippen LogP contribution is -2.14. The Balaban J connectivity index is 1.92. The van der Waals surface area contributed by atoms with Crippen LogP contribution in [0.4, 0.5) is 5.69 Å². The van der Waals surface area contributed by atoms with E-state index in [9.17, 15) is 9.59 Å². The summed E-state index contributed by atoms with van der Waals surface area (Å²) >= 11 is 2.69. The van der Waals surface area contributed by atoms with Crippen molar-refractivity contribution in [1.82, 2.24) is 10.2 Å². The molecule has 0 fully saturated rings. The number of ether oxygens (including phenoxy) is 1. The van der Waals surface area contributed by atoms with E-state index < -0.39 is 5.97 Å². The number of carbonyl (C=O) groups excluding carboxylic acids is 2. The van der Waals surface area contributed by atoms with Crippen LogP contribution >= 0.6 is 23.1 Å². The molecule has 0 spiro atoms. The van der Waals surface area contributed by atoms with Crippen molar-refractivity contribution in [2.45, 2.75) is 4.34 Å². The van der Waals surface area contributed by atoms with E-state index in [4.69, 9.17) is 0 Å². The average molecular weight is 309 g/mol. The Kier molecular flexibility index (Phi) is 5.08. The molecule has 0 atom stereocenters.